The molecule has 0 amide bonds. The molecule has 1 aliphatic carbocycles. The normalized spacial score (nSPS) is 18.3. The molecule has 1 heterocycles. The molecular weight excluding hydrogens is 236 g/mol. The molecule has 0 saturated heterocycles. The summed E-state index contributed by atoms with van der Waals surface area (Å²) in [5, 5.41) is 8.19. The second-order valence-corrected chi connectivity index (χ2v) is 5.25. The van der Waals surface area contributed by atoms with E-state index in [2.05, 4.69) is 41.5 Å². The Morgan fingerprint density at radius 2 is 2.21 bits per heavy atom. The minimum Gasteiger partial charge on any atom is -0.381 e. The van der Waals surface area contributed by atoms with E-state index in [9.17, 15) is 0 Å². The van der Waals surface area contributed by atoms with Crippen molar-refractivity contribution < 1.29 is 0 Å². The third-order valence-corrected chi connectivity index (χ3v) is 4.09. The van der Waals surface area contributed by atoms with Crippen molar-refractivity contribution in [2.75, 3.05) is 5.73 Å². The first kappa shape index (κ1) is 12.2. The number of nitrogen functional groups attached to an aromatic ring is 1. The Kier molecular flexibility index (Phi) is 3.23. The van der Waals surface area contributed by atoms with Crippen molar-refractivity contribution in [2.45, 2.75) is 45.1 Å². The van der Waals surface area contributed by atoms with Crippen LogP contribution in [-0.2, 0) is 19.4 Å². The highest BCUT2D eigenvalue weighted by atomic mass is 15.4. The Balaban J connectivity index is 1.88. The molecule has 1 aliphatic rings. The van der Waals surface area contributed by atoms with E-state index in [4.69, 9.17) is 5.73 Å². The number of nitrogens with two attached hydrogens (primary N) is 1. The molecule has 0 radical (unpaired) electrons. The Bertz CT molecular complexity index is 573. The molecule has 1 unspecified atom stereocenters. The van der Waals surface area contributed by atoms with Crippen LogP contribution in [0.1, 0.15) is 42.5 Å². The number of fused-ring (bicyclic) bond motifs is 1. The summed E-state index contributed by atoms with van der Waals surface area (Å²) in [6.45, 7) is 2.99. The highest BCUT2D eigenvalue weighted by Crippen LogP contribution is 2.32. The fourth-order valence-corrected chi connectivity index (χ4v) is 3.11. The van der Waals surface area contributed by atoms with Crippen LogP contribution in [0.3, 0.4) is 0 Å². The van der Waals surface area contributed by atoms with E-state index in [-0.39, 0.29) is 0 Å². The quantitative estimate of drug-likeness (QED) is 0.918. The monoisotopic (exact) mass is 256 g/mol. The molecule has 4 nitrogen and oxygen atoms in total. The average molecular weight is 256 g/mol. The van der Waals surface area contributed by atoms with E-state index in [0.717, 1.165) is 18.7 Å². The van der Waals surface area contributed by atoms with E-state index in [1.54, 1.807) is 0 Å². The number of anilines is 1. The van der Waals surface area contributed by atoms with E-state index in [1.807, 2.05) is 4.68 Å². The van der Waals surface area contributed by atoms with Gasteiger partial charge in [0.25, 0.3) is 0 Å². The fraction of sp³-hybridized carbons (Fsp3) is 0.467. The van der Waals surface area contributed by atoms with Gasteiger partial charge in [-0.15, -0.1) is 5.10 Å². The second-order valence-electron chi connectivity index (χ2n) is 5.25. The van der Waals surface area contributed by atoms with Crippen molar-refractivity contribution in [2.24, 2.45) is 0 Å². The Morgan fingerprint density at radius 1 is 1.37 bits per heavy atom. The zero-order valence-electron chi connectivity index (χ0n) is 11.3. The van der Waals surface area contributed by atoms with Gasteiger partial charge in [0, 0.05) is 12.5 Å². The van der Waals surface area contributed by atoms with Crippen LogP contribution in [0, 0.1) is 0 Å². The Morgan fingerprint density at radius 3 is 3.05 bits per heavy atom. The molecule has 2 aromatic rings. The number of hydrogen-bond acceptors (Lipinski definition) is 3. The summed E-state index contributed by atoms with van der Waals surface area (Å²) in [6.07, 6.45) is 4.56. The molecule has 1 aromatic heterocycles. The van der Waals surface area contributed by atoms with Crippen LogP contribution in [0.15, 0.2) is 24.3 Å². The number of hydrogen-bond donors (Lipinski definition) is 1. The van der Waals surface area contributed by atoms with Gasteiger partial charge in [0.1, 0.15) is 0 Å². The third-order valence-electron chi connectivity index (χ3n) is 4.09. The topological polar surface area (TPSA) is 56.7 Å². The summed E-state index contributed by atoms with van der Waals surface area (Å²) in [4.78, 5) is 0. The minimum atomic E-state index is 0.538. The molecule has 0 fully saturated rings. The van der Waals surface area contributed by atoms with Crippen molar-refractivity contribution in [3.8, 4) is 0 Å². The van der Waals surface area contributed by atoms with E-state index < -0.39 is 0 Å². The van der Waals surface area contributed by atoms with Gasteiger partial charge in [-0.3, -0.25) is 0 Å². The zero-order valence-corrected chi connectivity index (χ0v) is 11.3. The SMILES string of the molecule is CCc1c(N)nnn1CC1CCCc2ccccc21. The number of benzene rings is 1. The molecule has 0 bridgehead atoms. The van der Waals surface area contributed by atoms with Crippen LogP contribution in [0.4, 0.5) is 5.82 Å². The van der Waals surface area contributed by atoms with Crippen LogP contribution in [0.25, 0.3) is 0 Å². The van der Waals surface area contributed by atoms with Gasteiger partial charge in [-0.2, -0.15) is 0 Å². The average Bonchev–Trinajstić information content (AvgIpc) is 2.79. The van der Waals surface area contributed by atoms with Gasteiger partial charge in [0.05, 0.1) is 5.69 Å². The Hall–Kier alpha value is -1.84. The van der Waals surface area contributed by atoms with Crippen molar-refractivity contribution in [1.29, 1.82) is 0 Å². The van der Waals surface area contributed by atoms with Gasteiger partial charge in [-0.05, 0) is 36.8 Å². The highest BCUT2D eigenvalue weighted by Gasteiger charge is 2.21. The van der Waals surface area contributed by atoms with Crippen LogP contribution >= 0.6 is 0 Å². The van der Waals surface area contributed by atoms with E-state index >= 15 is 0 Å². The van der Waals surface area contributed by atoms with Gasteiger partial charge in [-0.25, -0.2) is 4.68 Å². The summed E-state index contributed by atoms with van der Waals surface area (Å²) in [5.41, 5.74) is 9.88. The lowest BCUT2D eigenvalue weighted by Gasteiger charge is -2.25. The summed E-state index contributed by atoms with van der Waals surface area (Å²) in [6, 6.07) is 8.77. The van der Waals surface area contributed by atoms with Gasteiger partial charge < -0.3 is 5.73 Å². The maximum atomic E-state index is 5.86. The lowest BCUT2D eigenvalue weighted by Crippen LogP contribution is -2.17. The predicted octanol–water partition coefficient (Wildman–Crippen LogP) is 2.54. The smallest absolute Gasteiger partial charge is 0.169 e. The largest absolute Gasteiger partial charge is 0.381 e. The Labute approximate surface area is 113 Å². The predicted molar refractivity (Wildman–Crippen MR) is 75.9 cm³/mol. The highest BCUT2D eigenvalue weighted by molar-refractivity contribution is 5.34. The number of rotatable bonds is 3. The van der Waals surface area contributed by atoms with Crippen molar-refractivity contribution in [3.63, 3.8) is 0 Å². The minimum absolute atomic E-state index is 0.538. The summed E-state index contributed by atoms with van der Waals surface area (Å²) >= 11 is 0. The molecule has 0 aliphatic heterocycles. The van der Waals surface area contributed by atoms with Crippen LogP contribution in [0.2, 0.25) is 0 Å². The van der Waals surface area contributed by atoms with Gasteiger partial charge in [-0.1, -0.05) is 36.4 Å². The standard InChI is InChI=1S/C15H20N4/c1-2-14-15(16)17-18-19(14)10-12-8-5-7-11-6-3-4-9-13(11)12/h3-4,6,9,12H,2,5,7-8,10,16H2,1H3. The van der Waals surface area contributed by atoms with Crippen LogP contribution in [0.5, 0.6) is 0 Å². The molecule has 1 atom stereocenters. The van der Waals surface area contributed by atoms with Crippen molar-refractivity contribution >= 4 is 5.82 Å². The molecule has 1 aromatic carbocycles. The van der Waals surface area contributed by atoms with Crippen molar-refractivity contribution in [1.82, 2.24) is 15.0 Å². The number of nitrogens with zero attached hydrogens (tertiary/aromatic N) is 3. The van der Waals surface area contributed by atoms with Gasteiger partial charge >= 0.3 is 0 Å². The lowest BCUT2D eigenvalue weighted by molar-refractivity contribution is 0.441. The van der Waals surface area contributed by atoms with Crippen molar-refractivity contribution in [3.05, 3.63) is 41.1 Å². The molecule has 2 N–H and O–H groups in total. The maximum Gasteiger partial charge on any atom is 0.169 e. The molecule has 19 heavy (non-hydrogen) atoms. The van der Waals surface area contributed by atoms with Gasteiger partial charge in [0.15, 0.2) is 5.82 Å². The number of aryl methyl sites for hydroxylation is 1. The zero-order chi connectivity index (χ0) is 13.2. The first-order valence-electron chi connectivity index (χ1n) is 7.05. The van der Waals surface area contributed by atoms with Crippen LogP contribution in [-0.4, -0.2) is 15.0 Å². The lowest BCUT2D eigenvalue weighted by atomic mass is 9.83. The van der Waals surface area contributed by atoms with Crippen LogP contribution < -0.4 is 5.73 Å². The molecule has 0 saturated carbocycles. The first-order valence-corrected chi connectivity index (χ1v) is 7.05. The summed E-state index contributed by atoms with van der Waals surface area (Å²) < 4.78 is 1.99. The summed E-state index contributed by atoms with van der Waals surface area (Å²) in [5.74, 6) is 1.11. The van der Waals surface area contributed by atoms with E-state index in [1.165, 1.54) is 30.4 Å². The molecule has 0 spiro atoms. The maximum absolute atomic E-state index is 5.86. The molecule has 3 rings (SSSR count). The number of aromatic nitrogens is 3. The first-order chi connectivity index (χ1) is 9.29. The third kappa shape index (κ3) is 2.23. The molecule has 4 heteroatoms. The molecular formula is C15H20N4. The van der Waals surface area contributed by atoms with E-state index in [0.29, 0.717) is 11.7 Å². The van der Waals surface area contributed by atoms with Gasteiger partial charge in [0.2, 0.25) is 0 Å². The summed E-state index contributed by atoms with van der Waals surface area (Å²) in [7, 11) is 0. The second kappa shape index (κ2) is 5.03. The fourth-order valence-electron chi connectivity index (χ4n) is 3.11. The molecule has 100 valence electrons.